The molecule has 0 unspecified atom stereocenters. The van der Waals surface area contributed by atoms with Crippen LogP contribution < -0.4 is 11.1 Å². The number of aromatic nitrogens is 2. The van der Waals surface area contributed by atoms with Gasteiger partial charge >= 0.3 is 0 Å². The van der Waals surface area contributed by atoms with Gasteiger partial charge < -0.3 is 21.1 Å². The first-order valence-electron chi connectivity index (χ1n) is 12.4. The first kappa shape index (κ1) is 24.8. The lowest BCUT2D eigenvalue weighted by molar-refractivity contribution is -0.0334. The van der Waals surface area contributed by atoms with Crippen LogP contribution in [0, 0.1) is 11.7 Å². The number of nitrogens with zero attached hydrogens (tertiary/aromatic N) is 3. The number of anilines is 2. The monoisotopic (exact) mass is 499 g/mol. The lowest BCUT2D eigenvalue weighted by atomic mass is 9.79. The molecule has 5 rings (SSSR count). The number of aliphatic hydroxyl groups is 1. The smallest absolute Gasteiger partial charge is 0.248 e. The normalized spacial score (nSPS) is 16.4. The maximum Gasteiger partial charge on any atom is 0.248 e. The van der Waals surface area contributed by atoms with Gasteiger partial charge in [-0.3, -0.25) is 4.79 Å². The second kappa shape index (κ2) is 9.88. The molecule has 0 aliphatic carbocycles. The van der Waals surface area contributed by atoms with Crippen molar-refractivity contribution >= 4 is 28.3 Å². The lowest BCUT2D eigenvalue weighted by Gasteiger charge is -2.38. The third kappa shape index (κ3) is 5.16. The fourth-order valence-electron chi connectivity index (χ4n) is 4.93. The van der Waals surface area contributed by atoms with Gasteiger partial charge in [0.25, 0.3) is 0 Å². The van der Waals surface area contributed by atoms with E-state index in [1.54, 1.807) is 48.7 Å². The number of hydrogen-bond acceptors (Lipinski definition) is 6. The molecule has 7 nitrogen and oxygen atoms in total. The molecule has 0 spiro atoms. The van der Waals surface area contributed by atoms with E-state index in [2.05, 4.69) is 22.2 Å². The van der Waals surface area contributed by atoms with Crippen LogP contribution in [0.4, 0.5) is 15.9 Å². The maximum absolute atomic E-state index is 15.0. The van der Waals surface area contributed by atoms with Crippen LogP contribution >= 0.6 is 0 Å². The van der Waals surface area contributed by atoms with E-state index in [1.807, 2.05) is 19.1 Å². The largest absolute Gasteiger partial charge is 0.384 e. The third-order valence-electron chi connectivity index (χ3n) is 7.32. The number of carbonyl (C=O) groups is 1. The molecule has 1 aliphatic rings. The first-order chi connectivity index (χ1) is 17.7. The number of piperidine rings is 1. The number of amides is 1. The summed E-state index contributed by atoms with van der Waals surface area (Å²) in [6.45, 7) is 3.74. The molecule has 2 aromatic carbocycles. The SMILES string of the molecule is CN1CCC([C@@](C)(O)c2ccc3cnc(Nc4ccc(-c5cccc(C(N)=O)c5)cc4F)cc3n2)CC1. The quantitative estimate of drug-likeness (QED) is 0.351. The van der Waals surface area contributed by atoms with Crippen LogP contribution in [0.1, 0.15) is 35.8 Å². The van der Waals surface area contributed by atoms with Crippen molar-refractivity contribution in [2.24, 2.45) is 11.7 Å². The molecule has 0 radical (unpaired) electrons. The Kier molecular flexibility index (Phi) is 6.62. The topological polar surface area (TPSA) is 104 Å². The predicted octanol–water partition coefficient (Wildman–Crippen LogP) is 4.83. The van der Waals surface area contributed by atoms with E-state index in [4.69, 9.17) is 10.7 Å². The Morgan fingerprint density at radius 1 is 1.11 bits per heavy atom. The molecule has 8 heteroatoms. The van der Waals surface area contributed by atoms with Crippen LogP contribution in [0.15, 0.2) is 66.9 Å². The average Bonchev–Trinajstić information content (AvgIpc) is 2.89. The van der Waals surface area contributed by atoms with Crippen molar-refractivity contribution in [1.82, 2.24) is 14.9 Å². The highest BCUT2D eigenvalue weighted by atomic mass is 19.1. The summed E-state index contributed by atoms with van der Waals surface area (Å²) in [6.07, 6.45) is 3.50. The van der Waals surface area contributed by atoms with Crippen LogP contribution in [0.5, 0.6) is 0 Å². The first-order valence-corrected chi connectivity index (χ1v) is 12.4. The van der Waals surface area contributed by atoms with Crippen LogP contribution in [0.2, 0.25) is 0 Å². The van der Waals surface area contributed by atoms with E-state index in [1.165, 1.54) is 6.07 Å². The lowest BCUT2D eigenvalue weighted by Crippen LogP contribution is -2.41. The van der Waals surface area contributed by atoms with Crippen LogP contribution in [-0.4, -0.2) is 46.0 Å². The molecule has 1 amide bonds. The van der Waals surface area contributed by atoms with E-state index < -0.39 is 17.3 Å². The second-order valence-electron chi connectivity index (χ2n) is 9.95. The van der Waals surface area contributed by atoms with Crippen LogP contribution in [-0.2, 0) is 5.60 Å². The van der Waals surface area contributed by atoms with Gasteiger partial charge in [-0.15, -0.1) is 0 Å². The molecule has 190 valence electrons. The highest BCUT2D eigenvalue weighted by Crippen LogP contribution is 2.36. The van der Waals surface area contributed by atoms with Crippen molar-refractivity contribution in [3.63, 3.8) is 0 Å². The fourth-order valence-corrected chi connectivity index (χ4v) is 4.93. The Labute approximate surface area is 215 Å². The number of benzene rings is 2. The van der Waals surface area contributed by atoms with Crippen molar-refractivity contribution < 1.29 is 14.3 Å². The number of hydrogen-bond donors (Lipinski definition) is 3. The highest BCUT2D eigenvalue weighted by molar-refractivity contribution is 5.94. The minimum Gasteiger partial charge on any atom is -0.384 e. The molecule has 1 aliphatic heterocycles. The van der Waals surface area contributed by atoms with Gasteiger partial charge in [0.2, 0.25) is 5.91 Å². The van der Waals surface area contributed by atoms with Gasteiger partial charge in [-0.25, -0.2) is 14.4 Å². The van der Waals surface area contributed by atoms with Crippen molar-refractivity contribution in [2.45, 2.75) is 25.4 Å². The molecule has 1 saturated heterocycles. The van der Waals surface area contributed by atoms with Gasteiger partial charge in [-0.05, 0) is 93.3 Å². The van der Waals surface area contributed by atoms with Crippen molar-refractivity contribution in [1.29, 1.82) is 0 Å². The summed E-state index contributed by atoms with van der Waals surface area (Å²) in [6, 6.07) is 17.1. The van der Waals surface area contributed by atoms with E-state index >= 15 is 4.39 Å². The van der Waals surface area contributed by atoms with Crippen LogP contribution in [0.25, 0.3) is 22.0 Å². The molecule has 4 N–H and O–H groups in total. The third-order valence-corrected chi connectivity index (χ3v) is 7.32. The number of nitrogens with two attached hydrogens (primary N) is 1. The summed E-state index contributed by atoms with van der Waals surface area (Å²) >= 11 is 0. The zero-order valence-corrected chi connectivity index (χ0v) is 20.9. The second-order valence-corrected chi connectivity index (χ2v) is 9.95. The van der Waals surface area contributed by atoms with Crippen molar-refractivity contribution in [3.8, 4) is 11.1 Å². The molecule has 0 bridgehead atoms. The van der Waals surface area contributed by atoms with E-state index in [9.17, 15) is 9.90 Å². The highest BCUT2D eigenvalue weighted by Gasteiger charge is 2.36. The number of carbonyl (C=O) groups excluding carboxylic acids is 1. The van der Waals surface area contributed by atoms with Gasteiger partial charge in [0.05, 0.1) is 16.9 Å². The number of pyridine rings is 2. The summed E-state index contributed by atoms with van der Waals surface area (Å²) in [7, 11) is 2.10. The fraction of sp³-hybridized carbons (Fsp3) is 0.276. The molecular weight excluding hydrogens is 469 g/mol. The molecule has 1 fully saturated rings. The number of nitrogens with one attached hydrogen (secondary N) is 1. The van der Waals surface area contributed by atoms with Gasteiger partial charge in [0.15, 0.2) is 0 Å². The minimum absolute atomic E-state index is 0.129. The summed E-state index contributed by atoms with van der Waals surface area (Å²) in [5.41, 5.74) is 7.56. The Hall–Kier alpha value is -3.88. The number of rotatable bonds is 6. The number of halogens is 1. The predicted molar refractivity (Wildman–Crippen MR) is 143 cm³/mol. The zero-order valence-electron chi connectivity index (χ0n) is 20.9. The van der Waals surface area contributed by atoms with E-state index in [-0.39, 0.29) is 11.6 Å². The Balaban J connectivity index is 1.39. The summed E-state index contributed by atoms with van der Waals surface area (Å²) < 4.78 is 15.0. The molecular formula is C29H30FN5O2. The van der Waals surface area contributed by atoms with Gasteiger partial charge in [-0.1, -0.05) is 18.2 Å². The van der Waals surface area contributed by atoms with E-state index in [0.717, 1.165) is 31.3 Å². The van der Waals surface area contributed by atoms with Crippen molar-refractivity contribution in [2.75, 3.05) is 25.5 Å². The van der Waals surface area contributed by atoms with Crippen molar-refractivity contribution in [3.05, 3.63) is 83.9 Å². The number of fused-ring (bicyclic) bond motifs is 1. The molecule has 1 atom stereocenters. The zero-order chi connectivity index (χ0) is 26.2. The molecule has 3 heterocycles. The summed E-state index contributed by atoms with van der Waals surface area (Å²) in [4.78, 5) is 22.9. The number of likely N-dealkylation sites (tertiary alicyclic amines) is 1. The molecule has 4 aromatic rings. The van der Waals surface area contributed by atoms with Crippen LogP contribution in [0.3, 0.4) is 0 Å². The van der Waals surface area contributed by atoms with Gasteiger partial charge in [0.1, 0.15) is 17.2 Å². The Morgan fingerprint density at radius 3 is 2.59 bits per heavy atom. The van der Waals surface area contributed by atoms with Gasteiger partial charge in [-0.2, -0.15) is 0 Å². The number of primary amides is 1. The summed E-state index contributed by atoms with van der Waals surface area (Å²) in [5.74, 6) is -0.425. The Bertz CT molecular complexity index is 1460. The maximum atomic E-state index is 15.0. The average molecular weight is 500 g/mol. The summed E-state index contributed by atoms with van der Waals surface area (Å²) in [5, 5.41) is 15.2. The molecule has 0 saturated carbocycles. The molecule has 2 aromatic heterocycles. The molecule has 37 heavy (non-hydrogen) atoms. The standard InChI is InChI=1S/C29H30FN5O2/c1-29(37,22-10-12-35(2)13-11-22)26-9-7-21-17-32-27(16-25(21)33-26)34-24-8-6-19(15-23(24)30)18-4-3-5-20(14-18)28(31)36/h3-9,14-17,22,37H,10-13H2,1-2H3,(H2,31,36)(H,32,34)/t29-/m1/s1. The Morgan fingerprint density at radius 2 is 1.86 bits per heavy atom. The minimum atomic E-state index is -1.04. The van der Waals surface area contributed by atoms with E-state index in [0.29, 0.717) is 33.7 Å². The van der Waals surface area contributed by atoms with Gasteiger partial charge in [0, 0.05) is 23.2 Å².